The number of thiazole rings is 1. The molecule has 0 spiro atoms. The molecule has 7 heteroatoms. The van der Waals surface area contributed by atoms with Crippen molar-refractivity contribution in [2.75, 3.05) is 5.32 Å². The van der Waals surface area contributed by atoms with Crippen LogP contribution in [0.25, 0.3) is 0 Å². The first-order valence-corrected chi connectivity index (χ1v) is 5.37. The van der Waals surface area contributed by atoms with Crippen LogP contribution in [0.4, 0.5) is 5.82 Å². The van der Waals surface area contributed by atoms with Crippen LogP contribution < -0.4 is 10.9 Å². The van der Waals surface area contributed by atoms with E-state index in [1.165, 1.54) is 17.7 Å². The second kappa shape index (κ2) is 4.41. The number of halogens is 1. The van der Waals surface area contributed by atoms with E-state index in [0.29, 0.717) is 12.4 Å². The van der Waals surface area contributed by atoms with E-state index < -0.39 is 0 Å². The molecule has 2 aromatic heterocycles. The third kappa shape index (κ3) is 2.34. The number of H-pyrrole nitrogens is 1. The third-order valence-corrected chi connectivity index (χ3v) is 2.84. The number of aromatic amines is 1. The highest BCUT2D eigenvalue weighted by Gasteiger charge is 2.05. The Morgan fingerprint density at radius 1 is 1.60 bits per heavy atom. The number of aromatic nitrogens is 3. The zero-order chi connectivity index (χ0) is 10.7. The van der Waals surface area contributed by atoms with E-state index in [4.69, 9.17) is 11.6 Å². The minimum absolute atomic E-state index is 0.0713. The number of hydrogen-bond acceptors (Lipinski definition) is 5. The fourth-order valence-corrected chi connectivity index (χ4v) is 1.71. The number of rotatable bonds is 3. The topological polar surface area (TPSA) is 70.7 Å². The molecule has 2 N–H and O–H groups in total. The van der Waals surface area contributed by atoms with Gasteiger partial charge in [0.2, 0.25) is 0 Å². The van der Waals surface area contributed by atoms with Crippen LogP contribution in [0.2, 0.25) is 5.02 Å². The zero-order valence-electron chi connectivity index (χ0n) is 7.53. The van der Waals surface area contributed by atoms with Crippen LogP contribution in [-0.4, -0.2) is 15.0 Å². The van der Waals surface area contributed by atoms with Gasteiger partial charge in [0.05, 0.1) is 18.4 Å². The average molecular weight is 243 g/mol. The Bertz CT molecular complexity index is 496. The lowest BCUT2D eigenvalue weighted by Crippen LogP contribution is -2.11. The Balaban J connectivity index is 2.12. The summed E-state index contributed by atoms with van der Waals surface area (Å²) in [5, 5.41) is 3.03. The van der Waals surface area contributed by atoms with Crippen molar-refractivity contribution in [1.82, 2.24) is 15.0 Å². The number of hydrogen-bond donors (Lipinski definition) is 2. The molecule has 0 aromatic carbocycles. The molecular weight excluding hydrogens is 236 g/mol. The SMILES string of the molecule is O=c1[nH]cnc(NCc2cncs2)c1Cl. The summed E-state index contributed by atoms with van der Waals surface area (Å²) in [6, 6.07) is 0. The van der Waals surface area contributed by atoms with Gasteiger partial charge in [-0.15, -0.1) is 11.3 Å². The van der Waals surface area contributed by atoms with Crippen molar-refractivity contribution in [2.24, 2.45) is 0 Å². The van der Waals surface area contributed by atoms with Crippen LogP contribution in [-0.2, 0) is 6.54 Å². The summed E-state index contributed by atoms with van der Waals surface area (Å²) in [6.07, 6.45) is 3.06. The van der Waals surface area contributed by atoms with Gasteiger partial charge in [-0.3, -0.25) is 9.78 Å². The highest BCUT2D eigenvalue weighted by molar-refractivity contribution is 7.09. The highest BCUT2D eigenvalue weighted by Crippen LogP contribution is 2.14. The molecule has 0 fully saturated rings. The van der Waals surface area contributed by atoms with E-state index in [2.05, 4.69) is 20.3 Å². The van der Waals surface area contributed by atoms with E-state index in [0.717, 1.165) is 4.88 Å². The maximum absolute atomic E-state index is 11.1. The molecule has 0 radical (unpaired) electrons. The molecule has 0 aliphatic rings. The van der Waals surface area contributed by atoms with Gasteiger partial charge < -0.3 is 10.3 Å². The summed E-state index contributed by atoms with van der Waals surface area (Å²) in [5.41, 5.74) is 1.39. The highest BCUT2D eigenvalue weighted by atomic mass is 35.5. The molecule has 78 valence electrons. The fraction of sp³-hybridized carbons (Fsp3) is 0.125. The largest absolute Gasteiger partial charge is 0.364 e. The van der Waals surface area contributed by atoms with E-state index in [9.17, 15) is 4.79 Å². The van der Waals surface area contributed by atoms with E-state index >= 15 is 0 Å². The minimum atomic E-state index is -0.349. The van der Waals surface area contributed by atoms with Crippen molar-refractivity contribution in [3.8, 4) is 0 Å². The lowest BCUT2D eigenvalue weighted by atomic mass is 10.5. The minimum Gasteiger partial charge on any atom is -0.364 e. The molecule has 0 unspecified atom stereocenters. The molecule has 0 aliphatic carbocycles. The lowest BCUT2D eigenvalue weighted by molar-refractivity contribution is 1.07. The Hall–Kier alpha value is -1.40. The van der Waals surface area contributed by atoms with Crippen molar-refractivity contribution < 1.29 is 0 Å². The Kier molecular flexibility index (Phi) is 2.98. The van der Waals surface area contributed by atoms with Crippen LogP contribution in [0.15, 0.2) is 22.8 Å². The average Bonchev–Trinajstić information content (AvgIpc) is 2.73. The van der Waals surface area contributed by atoms with E-state index in [-0.39, 0.29) is 10.6 Å². The lowest BCUT2D eigenvalue weighted by Gasteiger charge is -2.03. The van der Waals surface area contributed by atoms with E-state index in [1.807, 2.05) is 0 Å². The number of anilines is 1. The van der Waals surface area contributed by atoms with Gasteiger partial charge in [0.15, 0.2) is 5.82 Å². The second-order valence-electron chi connectivity index (χ2n) is 2.72. The van der Waals surface area contributed by atoms with Gasteiger partial charge in [0.25, 0.3) is 5.56 Å². The Morgan fingerprint density at radius 3 is 3.20 bits per heavy atom. The molecule has 0 atom stereocenters. The Labute approximate surface area is 94.2 Å². The first-order valence-electron chi connectivity index (χ1n) is 4.12. The van der Waals surface area contributed by atoms with Crippen LogP contribution >= 0.6 is 22.9 Å². The molecular formula is C8H7ClN4OS. The van der Waals surface area contributed by atoms with E-state index in [1.54, 1.807) is 11.7 Å². The summed E-state index contributed by atoms with van der Waals surface area (Å²) >= 11 is 7.27. The van der Waals surface area contributed by atoms with Crippen LogP contribution in [0.1, 0.15) is 4.88 Å². The van der Waals surface area contributed by atoms with Gasteiger partial charge >= 0.3 is 0 Å². The van der Waals surface area contributed by atoms with Crippen molar-refractivity contribution in [3.63, 3.8) is 0 Å². The van der Waals surface area contributed by atoms with Crippen LogP contribution in [0.5, 0.6) is 0 Å². The quantitative estimate of drug-likeness (QED) is 0.856. The van der Waals surface area contributed by atoms with Crippen molar-refractivity contribution in [3.05, 3.63) is 38.3 Å². The smallest absolute Gasteiger partial charge is 0.271 e. The first-order chi connectivity index (χ1) is 7.27. The molecule has 5 nitrogen and oxygen atoms in total. The molecule has 0 amide bonds. The first kappa shape index (κ1) is 10.1. The van der Waals surface area contributed by atoms with Crippen molar-refractivity contribution >= 4 is 28.8 Å². The predicted molar refractivity (Wildman–Crippen MR) is 59.3 cm³/mol. The van der Waals surface area contributed by atoms with Crippen molar-refractivity contribution in [2.45, 2.75) is 6.54 Å². The maximum Gasteiger partial charge on any atom is 0.271 e. The summed E-state index contributed by atoms with van der Waals surface area (Å²) in [5.74, 6) is 0.383. The molecule has 0 aliphatic heterocycles. The van der Waals surface area contributed by atoms with Crippen molar-refractivity contribution in [1.29, 1.82) is 0 Å². The van der Waals surface area contributed by atoms with Gasteiger partial charge in [-0.05, 0) is 0 Å². The standard InChI is InChI=1S/C8H7ClN4OS/c9-6-7(12-3-13-8(6)14)11-2-5-1-10-4-15-5/h1,3-4H,2H2,(H2,11,12,13,14). The molecule has 0 saturated heterocycles. The predicted octanol–water partition coefficient (Wildman–Crippen LogP) is 1.49. The van der Waals surface area contributed by atoms with Crippen LogP contribution in [0.3, 0.4) is 0 Å². The fourth-order valence-electron chi connectivity index (χ4n) is 1.01. The number of nitrogens with one attached hydrogen (secondary N) is 2. The molecule has 2 rings (SSSR count). The maximum atomic E-state index is 11.1. The Morgan fingerprint density at radius 2 is 2.47 bits per heavy atom. The van der Waals surface area contributed by atoms with Gasteiger partial charge in [-0.25, -0.2) is 4.98 Å². The number of nitrogens with zero attached hydrogens (tertiary/aromatic N) is 2. The third-order valence-electron chi connectivity index (χ3n) is 1.71. The molecule has 0 saturated carbocycles. The van der Waals surface area contributed by atoms with Gasteiger partial charge in [-0.2, -0.15) is 0 Å². The summed E-state index contributed by atoms with van der Waals surface area (Å²) in [6.45, 7) is 0.556. The monoisotopic (exact) mass is 242 g/mol. The summed E-state index contributed by atoms with van der Waals surface area (Å²) in [4.78, 5) is 22.4. The summed E-state index contributed by atoms with van der Waals surface area (Å²) < 4.78 is 0. The molecule has 2 heterocycles. The van der Waals surface area contributed by atoms with Gasteiger partial charge in [-0.1, -0.05) is 11.6 Å². The molecule has 15 heavy (non-hydrogen) atoms. The zero-order valence-corrected chi connectivity index (χ0v) is 9.10. The van der Waals surface area contributed by atoms with Gasteiger partial charge in [0, 0.05) is 11.1 Å². The van der Waals surface area contributed by atoms with Crippen LogP contribution in [0, 0.1) is 0 Å². The van der Waals surface area contributed by atoms with Gasteiger partial charge in [0.1, 0.15) is 5.02 Å². The summed E-state index contributed by atoms with van der Waals surface area (Å²) in [7, 11) is 0. The molecule has 2 aromatic rings. The molecule has 0 bridgehead atoms. The second-order valence-corrected chi connectivity index (χ2v) is 4.06. The normalized spacial score (nSPS) is 10.2.